The number of nitrogens with zero attached hydrogens (tertiary/aromatic N) is 2. The number of amides is 1. The van der Waals surface area contributed by atoms with Gasteiger partial charge in [0.15, 0.2) is 0 Å². The molecule has 2 aromatic rings. The van der Waals surface area contributed by atoms with E-state index >= 15 is 0 Å². The maximum absolute atomic E-state index is 12.1. The van der Waals surface area contributed by atoms with Gasteiger partial charge >= 0.3 is 0 Å². The zero-order valence-corrected chi connectivity index (χ0v) is 9.80. The molecule has 6 heteroatoms. The quantitative estimate of drug-likeness (QED) is 0.833. The van der Waals surface area contributed by atoms with Crippen molar-refractivity contribution < 1.29 is 9.21 Å². The molecule has 3 heterocycles. The minimum atomic E-state index is 0.00402. The summed E-state index contributed by atoms with van der Waals surface area (Å²) in [5, 5.41) is 6.83. The van der Waals surface area contributed by atoms with Crippen LogP contribution in [0, 0.1) is 0 Å². The average Bonchev–Trinajstić information content (AvgIpc) is 3.09. The van der Waals surface area contributed by atoms with Crippen LogP contribution in [-0.2, 0) is 0 Å². The molecule has 94 valence electrons. The van der Waals surface area contributed by atoms with Gasteiger partial charge in [-0.25, -0.2) is 0 Å². The van der Waals surface area contributed by atoms with Crippen molar-refractivity contribution in [2.45, 2.75) is 12.3 Å². The Morgan fingerprint density at radius 1 is 1.61 bits per heavy atom. The van der Waals surface area contributed by atoms with Gasteiger partial charge in [-0.15, -0.1) is 0 Å². The lowest BCUT2D eigenvalue weighted by atomic mass is 10.0. The number of hydrogen-bond acceptors (Lipinski definition) is 4. The molecule has 1 atom stereocenters. The summed E-state index contributed by atoms with van der Waals surface area (Å²) in [6.45, 7) is 1.39. The van der Waals surface area contributed by atoms with E-state index in [-0.39, 0.29) is 11.8 Å². The summed E-state index contributed by atoms with van der Waals surface area (Å²) in [6, 6.07) is 1.68. The maximum Gasteiger partial charge on any atom is 0.257 e. The van der Waals surface area contributed by atoms with E-state index < -0.39 is 0 Å². The Balaban J connectivity index is 1.73. The molecular weight excluding hydrogens is 232 g/mol. The van der Waals surface area contributed by atoms with Crippen LogP contribution < -0.4 is 5.73 Å². The third-order valence-corrected chi connectivity index (χ3v) is 3.35. The molecule has 1 aliphatic heterocycles. The number of nitrogens with two attached hydrogens (primary N) is 1. The molecular formula is C12H14N4O2. The first-order valence-corrected chi connectivity index (χ1v) is 5.86. The monoisotopic (exact) mass is 246 g/mol. The minimum Gasteiger partial charge on any atom is -0.472 e. The lowest BCUT2D eigenvalue weighted by Gasteiger charge is -2.15. The summed E-state index contributed by atoms with van der Waals surface area (Å²) >= 11 is 0. The van der Waals surface area contributed by atoms with Crippen LogP contribution in [0.25, 0.3) is 0 Å². The van der Waals surface area contributed by atoms with Gasteiger partial charge in [-0.1, -0.05) is 0 Å². The topological polar surface area (TPSA) is 88.1 Å². The largest absolute Gasteiger partial charge is 0.472 e. The van der Waals surface area contributed by atoms with Crippen LogP contribution >= 0.6 is 0 Å². The van der Waals surface area contributed by atoms with E-state index in [0.717, 1.165) is 18.7 Å². The van der Waals surface area contributed by atoms with Gasteiger partial charge in [0.2, 0.25) is 0 Å². The summed E-state index contributed by atoms with van der Waals surface area (Å²) in [5.41, 5.74) is 8.01. The molecule has 1 unspecified atom stereocenters. The van der Waals surface area contributed by atoms with E-state index in [0.29, 0.717) is 17.8 Å². The number of carbonyl (C=O) groups excluding carboxylic acids is 1. The van der Waals surface area contributed by atoms with Crippen molar-refractivity contribution in [3.05, 3.63) is 36.0 Å². The summed E-state index contributed by atoms with van der Waals surface area (Å²) in [7, 11) is 0. The minimum absolute atomic E-state index is 0.00402. The van der Waals surface area contributed by atoms with Gasteiger partial charge in [-0.05, 0) is 12.5 Å². The van der Waals surface area contributed by atoms with Crippen LogP contribution in [0.3, 0.4) is 0 Å². The molecule has 3 N–H and O–H groups in total. The molecule has 0 spiro atoms. The van der Waals surface area contributed by atoms with E-state index in [2.05, 4.69) is 10.2 Å². The van der Waals surface area contributed by atoms with E-state index in [1.807, 2.05) is 4.90 Å². The molecule has 18 heavy (non-hydrogen) atoms. The first-order valence-electron chi connectivity index (χ1n) is 5.86. The molecule has 1 amide bonds. The number of nitrogens with one attached hydrogen (secondary N) is 1. The predicted molar refractivity (Wildman–Crippen MR) is 65.0 cm³/mol. The van der Waals surface area contributed by atoms with Crippen molar-refractivity contribution in [3.8, 4) is 0 Å². The zero-order chi connectivity index (χ0) is 12.5. The van der Waals surface area contributed by atoms with Crippen molar-refractivity contribution in [2.75, 3.05) is 18.8 Å². The molecule has 1 fully saturated rings. The van der Waals surface area contributed by atoms with Gasteiger partial charge in [0.25, 0.3) is 5.91 Å². The molecule has 0 bridgehead atoms. The summed E-state index contributed by atoms with van der Waals surface area (Å²) in [5.74, 6) is 0.243. The Morgan fingerprint density at radius 2 is 2.50 bits per heavy atom. The fourth-order valence-electron chi connectivity index (χ4n) is 2.38. The first-order chi connectivity index (χ1) is 8.75. The van der Waals surface area contributed by atoms with Crippen LogP contribution in [-0.4, -0.2) is 34.1 Å². The molecule has 0 saturated carbocycles. The second kappa shape index (κ2) is 4.21. The van der Waals surface area contributed by atoms with E-state index in [1.54, 1.807) is 12.3 Å². The number of furan rings is 1. The highest BCUT2D eigenvalue weighted by atomic mass is 16.3. The molecule has 0 aromatic carbocycles. The van der Waals surface area contributed by atoms with Crippen LogP contribution in [0.2, 0.25) is 0 Å². The highest BCUT2D eigenvalue weighted by Gasteiger charge is 2.30. The Bertz CT molecular complexity index is 546. The van der Waals surface area contributed by atoms with Gasteiger partial charge in [0.1, 0.15) is 6.26 Å². The third kappa shape index (κ3) is 1.75. The van der Waals surface area contributed by atoms with Gasteiger partial charge in [0, 0.05) is 19.0 Å². The standard InChI is InChI=1S/C12H14N4O2/c13-10-5-14-15-11(10)8-1-3-16(6-8)12(17)9-2-4-18-7-9/h2,4-5,7-8H,1,3,6,13H2,(H,14,15). The van der Waals surface area contributed by atoms with Crippen molar-refractivity contribution >= 4 is 11.6 Å². The van der Waals surface area contributed by atoms with Crippen molar-refractivity contribution in [2.24, 2.45) is 0 Å². The van der Waals surface area contributed by atoms with E-state index in [4.69, 9.17) is 10.2 Å². The lowest BCUT2D eigenvalue weighted by molar-refractivity contribution is 0.0790. The zero-order valence-electron chi connectivity index (χ0n) is 9.80. The Kier molecular flexibility index (Phi) is 2.55. The van der Waals surface area contributed by atoms with Crippen molar-refractivity contribution in [1.29, 1.82) is 0 Å². The first kappa shape index (κ1) is 10.9. The fraction of sp³-hybridized carbons (Fsp3) is 0.333. The Morgan fingerprint density at radius 3 is 3.17 bits per heavy atom. The molecule has 1 aliphatic rings. The fourth-order valence-corrected chi connectivity index (χ4v) is 2.38. The van der Waals surface area contributed by atoms with Crippen LogP contribution in [0.15, 0.2) is 29.2 Å². The normalized spacial score (nSPS) is 19.3. The number of carbonyl (C=O) groups is 1. The second-order valence-corrected chi connectivity index (χ2v) is 4.49. The van der Waals surface area contributed by atoms with E-state index in [1.165, 1.54) is 12.5 Å². The predicted octanol–water partition coefficient (Wildman–Crippen LogP) is 1.21. The average molecular weight is 246 g/mol. The SMILES string of the molecule is Nc1cn[nH]c1C1CCN(C(=O)c2ccoc2)C1. The number of rotatable bonds is 2. The number of H-pyrrole nitrogens is 1. The van der Waals surface area contributed by atoms with Crippen molar-refractivity contribution in [1.82, 2.24) is 15.1 Å². The highest BCUT2D eigenvalue weighted by molar-refractivity contribution is 5.94. The van der Waals surface area contributed by atoms with Gasteiger partial charge < -0.3 is 15.1 Å². The third-order valence-electron chi connectivity index (χ3n) is 3.35. The van der Waals surface area contributed by atoms with Gasteiger partial charge in [-0.2, -0.15) is 5.10 Å². The number of anilines is 1. The summed E-state index contributed by atoms with van der Waals surface area (Å²) in [4.78, 5) is 13.9. The molecule has 2 aromatic heterocycles. The van der Waals surface area contributed by atoms with Crippen molar-refractivity contribution in [3.63, 3.8) is 0 Å². The second-order valence-electron chi connectivity index (χ2n) is 4.49. The summed E-state index contributed by atoms with van der Waals surface area (Å²) < 4.78 is 4.93. The van der Waals surface area contributed by atoms with E-state index in [9.17, 15) is 4.79 Å². The molecule has 6 nitrogen and oxygen atoms in total. The summed E-state index contributed by atoms with van der Waals surface area (Å²) in [6.07, 6.45) is 5.49. The number of aromatic nitrogens is 2. The maximum atomic E-state index is 12.1. The number of aromatic amines is 1. The van der Waals surface area contributed by atoms with Gasteiger partial charge in [0.05, 0.1) is 29.4 Å². The Hall–Kier alpha value is -2.24. The Labute approximate surface area is 104 Å². The van der Waals surface area contributed by atoms with Crippen LogP contribution in [0.1, 0.15) is 28.4 Å². The van der Waals surface area contributed by atoms with Crippen LogP contribution in [0.4, 0.5) is 5.69 Å². The van der Waals surface area contributed by atoms with Crippen LogP contribution in [0.5, 0.6) is 0 Å². The highest BCUT2D eigenvalue weighted by Crippen LogP contribution is 2.29. The molecule has 3 rings (SSSR count). The molecule has 0 radical (unpaired) electrons. The number of likely N-dealkylation sites (tertiary alicyclic amines) is 1. The smallest absolute Gasteiger partial charge is 0.257 e. The van der Waals surface area contributed by atoms with Gasteiger partial charge in [-0.3, -0.25) is 9.89 Å². The number of hydrogen-bond donors (Lipinski definition) is 2. The molecule has 1 saturated heterocycles. The lowest BCUT2D eigenvalue weighted by Crippen LogP contribution is -2.28. The number of nitrogen functional groups attached to an aromatic ring is 1. The molecule has 0 aliphatic carbocycles.